The first kappa shape index (κ1) is 10.1. The Kier molecular flexibility index (Phi) is 2.99. The van der Waals surface area contributed by atoms with Crippen LogP contribution in [0.4, 0.5) is 0 Å². The molecule has 3 heteroatoms. The first-order valence-corrected chi connectivity index (χ1v) is 5.42. The van der Waals surface area contributed by atoms with Gasteiger partial charge < -0.3 is 4.74 Å². The normalized spacial score (nSPS) is 19.4. The lowest BCUT2D eigenvalue weighted by Crippen LogP contribution is -2.21. The summed E-state index contributed by atoms with van der Waals surface area (Å²) in [6.07, 6.45) is 6.58. The predicted octanol–water partition coefficient (Wildman–Crippen LogP) is 2.06. The van der Waals surface area contributed by atoms with Gasteiger partial charge in [0.2, 0.25) is 0 Å². The highest BCUT2D eigenvalue weighted by Crippen LogP contribution is 2.31. The van der Waals surface area contributed by atoms with E-state index in [9.17, 15) is 4.79 Å². The van der Waals surface area contributed by atoms with Crippen molar-refractivity contribution in [3.05, 3.63) is 29.6 Å². The van der Waals surface area contributed by atoms with Gasteiger partial charge >= 0.3 is 5.97 Å². The summed E-state index contributed by atoms with van der Waals surface area (Å²) in [6.45, 7) is 2.29. The maximum Gasteiger partial charge on any atom is 0.313 e. The summed E-state index contributed by atoms with van der Waals surface area (Å²) in [4.78, 5) is 15.8. The molecule has 2 rings (SSSR count). The molecule has 80 valence electrons. The molecule has 0 amide bonds. The average molecular weight is 205 g/mol. The molecule has 1 aliphatic rings. The monoisotopic (exact) mass is 205 g/mol. The molecule has 0 N–H and O–H groups in total. The Morgan fingerprint density at radius 1 is 1.67 bits per heavy atom. The molecule has 0 saturated heterocycles. The van der Waals surface area contributed by atoms with E-state index in [1.807, 2.05) is 13.0 Å². The van der Waals surface area contributed by atoms with Gasteiger partial charge in [0.1, 0.15) is 0 Å². The van der Waals surface area contributed by atoms with E-state index in [1.54, 1.807) is 12.4 Å². The number of carbonyl (C=O) groups excluding carboxylic acids is 1. The number of fused-ring (bicyclic) bond motifs is 1. The van der Waals surface area contributed by atoms with E-state index in [4.69, 9.17) is 4.74 Å². The van der Waals surface area contributed by atoms with Crippen LogP contribution in [0.25, 0.3) is 0 Å². The zero-order valence-corrected chi connectivity index (χ0v) is 8.90. The third kappa shape index (κ3) is 2.01. The zero-order chi connectivity index (χ0) is 10.7. The van der Waals surface area contributed by atoms with Crippen molar-refractivity contribution < 1.29 is 9.53 Å². The smallest absolute Gasteiger partial charge is 0.313 e. The quantitative estimate of drug-likeness (QED) is 0.694. The summed E-state index contributed by atoms with van der Waals surface area (Å²) >= 11 is 0. The molecular weight excluding hydrogens is 190 g/mol. The van der Waals surface area contributed by atoms with E-state index in [-0.39, 0.29) is 11.9 Å². The van der Waals surface area contributed by atoms with Crippen molar-refractivity contribution in [2.75, 3.05) is 6.61 Å². The number of rotatable bonds is 2. The Morgan fingerprint density at radius 3 is 3.33 bits per heavy atom. The molecule has 1 heterocycles. The molecule has 1 atom stereocenters. The molecular formula is C12H15NO2. The first-order valence-electron chi connectivity index (χ1n) is 5.42. The summed E-state index contributed by atoms with van der Waals surface area (Å²) in [5.74, 6) is -0.200. The topological polar surface area (TPSA) is 39.2 Å². The molecule has 0 aliphatic heterocycles. The summed E-state index contributed by atoms with van der Waals surface area (Å²) < 4.78 is 5.07. The summed E-state index contributed by atoms with van der Waals surface area (Å²) in [5.41, 5.74) is 2.30. The van der Waals surface area contributed by atoms with Crippen LogP contribution in [0.15, 0.2) is 18.5 Å². The molecule has 3 nitrogen and oxygen atoms in total. The summed E-state index contributed by atoms with van der Waals surface area (Å²) in [5, 5.41) is 0. The number of carbonyl (C=O) groups is 1. The molecule has 0 bridgehead atoms. The van der Waals surface area contributed by atoms with Crippen LogP contribution in [0, 0.1) is 0 Å². The molecule has 0 radical (unpaired) electrons. The molecule has 0 spiro atoms. The van der Waals surface area contributed by atoms with Crippen LogP contribution in [0.1, 0.15) is 36.8 Å². The van der Waals surface area contributed by atoms with Crippen LogP contribution in [0.2, 0.25) is 0 Å². The second-order valence-corrected chi connectivity index (χ2v) is 3.77. The van der Waals surface area contributed by atoms with Crippen molar-refractivity contribution in [3.8, 4) is 0 Å². The Hall–Kier alpha value is -1.38. The van der Waals surface area contributed by atoms with Gasteiger partial charge in [-0.15, -0.1) is 0 Å². The van der Waals surface area contributed by atoms with Crippen molar-refractivity contribution >= 4 is 5.97 Å². The van der Waals surface area contributed by atoms with E-state index in [0.29, 0.717) is 6.61 Å². The summed E-state index contributed by atoms with van der Waals surface area (Å²) in [6, 6.07) is 2.00. The van der Waals surface area contributed by atoms with Gasteiger partial charge in [0.25, 0.3) is 0 Å². The number of pyridine rings is 1. The number of esters is 1. The fourth-order valence-corrected chi connectivity index (χ4v) is 2.12. The van der Waals surface area contributed by atoms with Gasteiger partial charge in [0, 0.05) is 12.4 Å². The largest absolute Gasteiger partial charge is 0.466 e. The van der Waals surface area contributed by atoms with Crippen LogP contribution in [-0.4, -0.2) is 17.6 Å². The molecule has 1 aliphatic carbocycles. The molecule has 1 aromatic heterocycles. The number of hydrogen-bond donors (Lipinski definition) is 0. The van der Waals surface area contributed by atoms with Crippen molar-refractivity contribution in [2.45, 2.75) is 32.1 Å². The van der Waals surface area contributed by atoms with Gasteiger partial charge in [0.15, 0.2) is 0 Å². The average Bonchev–Trinajstić information content (AvgIpc) is 2.28. The van der Waals surface area contributed by atoms with Crippen molar-refractivity contribution in [1.29, 1.82) is 0 Å². The highest BCUT2D eigenvalue weighted by molar-refractivity contribution is 5.78. The zero-order valence-electron chi connectivity index (χ0n) is 8.90. The molecule has 0 saturated carbocycles. The van der Waals surface area contributed by atoms with E-state index in [2.05, 4.69) is 4.98 Å². The van der Waals surface area contributed by atoms with E-state index < -0.39 is 0 Å². The fourth-order valence-electron chi connectivity index (χ4n) is 2.12. The van der Waals surface area contributed by atoms with E-state index in [1.165, 1.54) is 5.56 Å². The first-order chi connectivity index (χ1) is 7.33. The highest BCUT2D eigenvalue weighted by atomic mass is 16.5. The molecule has 0 fully saturated rings. The second-order valence-electron chi connectivity index (χ2n) is 3.77. The molecule has 1 aromatic rings. The lowest BCUT2D eigenvalue weighted by atomic mass is 9.84. The number of aryl methyl sites for hydroxylation is 1. The molecule has 15 heavy (non-hydrogen) atoms. The Balaban J connectivity index is 2.25. The number of ether oxygens (including phenoxy) is 1. The van der Waals surface area contributed by atoms with Gasteiger partial charge in [-0.1, -0.05) is 0 Å². The second kappa shape index (κ2) is 4.43. The molecule has 0 aromatic carbocycles. The third-order valence-electron chi connectivity index (χ3n) is 2.83. The number of hydrogen-bond acceptors (Lipinski definition) is 3. The van der Waals surface area contributed by atoms with Crippen LogP contribution >= 0.6 is 0 Å². The third-order valence-corrected chi connectivity index (χ3v) is 2.83. The standard InChI is InChI=1S/C12H15NO2/c1-2-15-12(14)10-5-3-4-9-6-7-13-8-11(9)10/h6-8,10H,2-5H2,1H3. The van der Waals surface area contributed by atoms with Gasteiger partial charge in [-0.25, -0.2) is 0 Å². The van der Waals surface area contributed by atoms with Gasteiger partial charge in [-0.3, -0.25) is 9.78 Å². The Bertz CT molecular complexity index is 362. The van der Waals surface area contributed by atoms with E-state index >= 15 is 0 Å². The van der Waals surface area contributed by atoms with Crippen LogP contribution in [0.5, 0.6) is 0 Å². The number of aromatic nitrogens is 1. The van der Waals surface area contributed by atoms with Crippen LogP contribution in [0.3, 0.4) is 0 Å². The fraction of sp³-hybridized carbons (Fsp3) is 0.500. The lowest BCUT2D eigenvalue weighted by Gasteiger charge is -2.23. The predicted molar refractivity (Wildman–Crippen MR) is 56.5 cm³/mol. The summed E-state index contributed by atoms with van der Waals surface area (Å²) in [7, 11) is 0. The SMILES string of the molecule is CCOC(=O)C1CCCc2ccncc21. The van der Waals surface area contributed by atoms with Crippen LogP contribution < -0.4 is 0 Å². The van der Waals surface area contributed by atoms with Gasteiger partial charge in [0.05, 0.1) is 12.5 Å². The van der Waals surface area contributed by atoms with Crippen molar-refractivity contribution in [1.82, 2.24) is 4.98 Å². The highest BCUT2D eigenvalue weighted by Gasteiger charge is 2.27. The maximum atomic E-state index is 11.7. The Morgan fingerprint density at radius 2 is 2.53 bits per heavy atom. The maximum absolute atomic E-state index is 11.7. The van der Waals surface area contributed by atoms with Crippen molar-refractivity contribution in [2.24, 2.45) is 0 Å². The Labute approximate surface area is 89.5 Å². The van der Waals surface area contributed by atoms with Crippen molar-refractivity contribution in [3.63, 3.8) is 0 Å². The van der Waals surface area contributed by atoms with Crippen LogP contribution in [-0.2, 0) is 16.0 Å². The van der Waals surface area contributed by atoms with E-state index in [0.717, 1.165) is 24.8 Å². The van der Waals surface area contributed by atoms with Gasteiger partial charge in [-0.05, 0) is 43.4 Å². The number of nitrogens with zero attached hydrogens (tertiary/aromatic N) is 1. The molecule has 1 unspecified atom stereocenters. The minimum atomic E-state index is -0.105. The lowest BCUT2D eigenvalue weighted by molar-refractivity contribution is -0.145. The van der Waals surface area contributed by atoms with Gasteiger partial charge in [-0.2, -0.15) is 0 Å². The minimum absolute atomic E-state index is 0.0950. The minimum Gasteiger partial charge on any atom is -0.466 e.